The number of amides is 1. The molecule has 0 aliphatic heterocycles. The van der Waals surface area contributed by atoms with Gasteiger partial charge in [0.25, 0.3) is 11.6 Å². The highest BCUT2D eigenvalue weighted by atomic mass is 16.6. The minimum Gasteiger partial charge on any atom is -0.466 e. The molecule has 1 atom stereocenters. The predicted molar refractivity (Wildman–Crippen MR) is 89.0 cm³/mol. The Balaban J connectivity index is 1.88. The van der Waals surface area contributed by atoms with Gasteiger partial charge in [0.15, 0.2) is 0 Å². The number of nitro groups is 1. The molecule has 1 unspecified atom stereocenters. The number of rotatable bonds is 5. The summed E-state index contributed by atoms with van der Waals surface area (Å²) >= 11 is 0. The van der Waals surface area contributed by atoms with Gasteiger partial charge in [-0.2, -0.15) is 0 Å². The third kappa shape index (κ3) is 3.20. The van der Waals surface area contributed by atoms with Gasteiger partial charge in [0.2, 0.25) is 0 Å². The molecule has 0 fully saturated rings. The van der Waals surface area contributed by atoms with Crippen molar-refractivity contribution in [3.8, 4) is 0 Å². The van der Waals surface area contributed by atoms with Crippen molar-refractivity contribution in [2.75, 3.05) is 6.54 Å². The molecule has 1 aromatic carbocycles. The van der Waals surface area contributed by atoms with Crippen molar-refractivity contribution in [2.24, 2.45) is 0 Å². The molecule has 0 bridgehead atoms. The molecule has 0 saturated heterocycles. The fraction of sp³-hybridized carbons (Fsp3) is 0.176. The van der Waals surface area contributed by atoms with Crippen molar-refractivity contribution >= 4 is 22.5 Å². The molecule has 2 aromatic heterocycles. The summed E-state index contributed by atoms with van der Waals surface area (Å²) in [6, 6.07) is 8.97. The lowest BCUT2D eigenvalue weighted by molar-refractivity contribution is -0.383. The van der Waals surface area contributed by atoms with E-state index in [2.05, 4.69) is 10.3 Å². The number of pyridine rings is 1. The molecule has 3 rings (SSSR count). The number of aromatic nitrogens is 1. The third-order valence-electron chi connectivity index (χ3n) is 3.83. The topological polar surface area (TPSA) is 118 Å². The highest BCUT2D eigenvalue weighted by molar-refractivity contribution is 6.07. The Labute approximate surface area is 142 Å². The quantitative estimate of drug-likeness (QED) is 0.543. The first-order valence-corrected chi connectivity index (χ1v) is 7.47. The van der Waals surface area contributed by atoms with Crippen LogP contribution in [0.1, 0.15) is 23.0 Å². The Kier molecular flexibility index (Phi) is 4.20. The molecule has 128 valence electrons. The van der Waals surface area contributed by atoms with Crippen LogP contribution < -0.4 is 5.32 Å². The number of furan rings is 1. The summed E-state index contributed by atoms with van der Waals surface area (Å²) in [6.45, 7) is 1.42. The van der Waals surface area contributed by atoms with Gasteiger partial charge in [-0.1, -0.05) is 0 Å². The van der Waals surface area contributed by atoms with Gasteiger partial charge in [0.1, 0.15) is 11.4 Å². The van der Waals surface area contributed by atoms with Crippen molar-refractivity contribution in [3.05, 3.63) is 70.3 Å². The Morgan fingerprint density at radius 1 is 1.36 bits per heavy atom. The lowest BCUT2D eigenvalue weighted by Gasteiger charge is -2.21. The monoisotopic (exact) mass is 341 g/mol. The van der Waals surface area contributed by atoms with Gasteiger partial charge in [-0.05, 0) is 37.3 Å². The summed E-state index contributed by atoms with van der Waals surface area (Å²) in [6.07, 6.45) is 2.89. The molecule has 0 radical (unpaired) electrons. The van der Waals surface area contributed by atoms with E-state index in [0.717, 1.165) is 0 Å². The summed E-state index contributed by atoms with van der Waals surface area (Å²) < 4.78 is 5.16. The van der Waals surface area contributed by atoms with E-state index in [4.69, 9.17) is 4.42 Å². The number of nitrogens with zero attached hydrogens (tertiary/aromatic N) is 2. The van der Waals surface area contributed by atoms with Gasteiger partial charge < -0.3 is 14.8 Å². The molecule has 2 heterocycles. The van der Waals surface area contributed by atoms with Gasteiger partial charge in [-0.25, -0.2) is 0 Å². The molecule has 0 aliphatic rings. The van der Waals surface area contributed by atoms with Crippen molar-refractivity contribution in [2.45, 2.75) is 12.5 Å². The first-order valence-electron chi connectivity index (χ1n) is 7.47. The van der Waals surface area contributed by atoms with Crippen LogP contribution in [0.15, 0.2) is 53.3 Å². The molecule has 3 aromatic rings. The van der Waals surface area contributed by atoms with Crippen LogP contribution in [0.2, 0.25) is 0 Å². The number of fused-ring (bicyclic) bond motifs is 1. The van der Waals surface area contributed by atoms with Crippen LogP contribution in [0.3, 0.4) is 0 Å². The number of benzene rings is 1. The number of aliphatic hydroxyl groups is 1. The van der Waals surface area contributed by atoms with Crippen LogP contribution in [-0.2, 0) is 5.60 Å². The average molecular weight is 341 g/mol. The van der Waals surface area contributed by atoms with E-state index in [1.165, 1.54) is 37.6 Å². The largest absolute Gasteiger partial charge is 0.466 e. The molecule has 1 amide bonds. The molecular formula is C17H15N3O5. The first-order chi connectivity index (χ1) is 11.9. The molecule has 0 spiro atoms. The van der Waals surface area contributed by atoms with Crippen LogP contribution in [0.25, 0.3) is 10.9 Å². The van der Waals surface area contributed by atoms with Crippen LogP contribution in [-0.4, -0.2) is 27.5 Å². The Hall–Kier alpha value is -3.26. The van der Waals surface area contributed by atoms with Crippen LogP contribution in [0.4, 0.5) is 5.69 Å². The Morgan fingerprint density at radius 2 is 2.16 bits per heavy atom. The van der Waals surface area contributed by atoms with E-state index in [1.807, 2.05) is 0 Å². The highest BCUT2D eigenvalue weighted by Gasteiger charge is 2.27. The van der Waals surface area contributed by atoms with Gasteiger partial charge in [-0.15, -0.1) is 0 Å². The molecule has 8 nitrogen and oxygen atoms in total. The van der Waals surface area contributed by atoms with Crippen LogP contribution >= 0.6 is 0 Å². The standard InChI is InChI=1S/C17H15N3O5/c1-17(22,14-5-3-9-25-14)10-19-16(21)12-6-7-13(20(23)24)11-4-2-8-18-15(11)12/h2-9,22H,10H2,1H3,(H,19,21). The summed E-state index contributed by atoms with van der Waals surface area (Å²) in [4.78, 5) is 27.2. The number of hydrogen-bond donors (Lipinski definition) is 2. The number of carbonyl (C=O) groups is 1. The van der Waals surface area contributed by atoms with Gasteiger partial charge in [0.05, 0.1) is 34.2 Å². The molecule has 8 heteroatoms. The normalized spacial score (nSPS) is 13.4. The average Bonchev–Trinajstić information content (AvgIpc) is 3.14. The van der Waals surface area contributed by atoms with Crippen molar-refractivity contribution in [1.82, 2.24) is 10.3 Å². The summed E-state index contributed by atoms with van der Waals surface area (Å²) in [5, 5.41) is 24.4. The molecule has 0 saturated carbocycles. The van der Waals surface area contributed by atoms with E-state index in [0.29, 0.717) is 5.76 Å². The van der Waals surface area contributed by atoms with E-state index < -0.39 is 16.4 Å². The number of hydrogen-bond acceptors (Lipinski definition) is 6. The van der Waals surface area contributed by atoms with E-state index in [9.17, 15) is 20.0 Å². The number of nitro benzene ring substituents is 1. The maximum Gasteiger partial charge on any atom is 0.278 e. The van der Waals surface area contributed by atoms with E-state index in [1.54, 1.807) is 18.2 Å². The SMILES string of the molecule is CC(O)(CNC(=O)c1ccc([N+](=O)[O-])c2cccnc12)c1ccco1. The molecule has 2 N–H and O–H groups in total. The first kappa shape index (κ1) is 16.6. The van der Waals surface area contributed by atoms with E-state index >= 15 is 0 Å². The van der Waals surface area contributed by atoms with Crippen LogP contribution in [0.5, 0.6) is 0 Å². The fourth-order valence-corrected chi connectivity index (χ4v) is 2.52. The maximum atomic E-state index is 12.5. The summed E-state index contributed by atoms with van der Waals surface area (Å²) in [7, 11) is 0. The predicted octanol–water partition coefficient (Wildman–Crippen LogP) is 2.37. The fourth-order valence-electron chi connectivity index (χ4n) is 2.52. The Morgan fingerprint density at radius 3 is 2.84 bits per heavy atom. The van der Waals surface area contributed by atoms with Crippen LogP contribution in [0, 0.1) is 10.1 Å². The van der Waals surface area contributed by atoms with E-state index in [-0.39, 0.29) is 28.7 Å². The third-order valence-corrected chi connectivity index (χ3v) is 3.83. The van der Waals surface area contributed by atoms with Gasteiger partial charge in [0, 0.05) is 12.3 Å². The zero-order chi connectivity index (χ0) is 18.0. The zero-order valence-corrected chi connectivity index (χ0v) is 13.3. The molecule has 25 heavy (non-hydrogen) atoms. The number of nitrogens with one attached hydrogen (secondary N) is 1. The second-order valence-corrected chi connectivity index (χ2v) is 5.72. The molecule has 0 aliphatic carbocycles. The van der Waals surface area contributed by atoms with Crippen molar-refractivity contribution in [1.29, 1.82) is 0 Å². The van der Waals surface area contributed by atoms with Crippen molar-refractivity contribution in [3.63, 3.8) is 0 Å². The zero-order valence-electron chi connectivity index (χ0n) is 13.3. The minimum atomic E-state index is -1.39. The second kappa shape index (κ2) is 6.33. The second-order valence-electron chi connectivity index (χ2n) is 5.72. The number of carbonyl (C=O) groups excluding carboxylic acids is 1. The lowest BCUT2D eigenvalue weighted by Crippen LogP contribution is -2.38. The Bertz CT molecular complexity index is 935. The number of non-ortho nitro benzene ring substituents is 1. The van der Waals surface area contributed by atoms with Gasteiger partial charge >= 0.3 is 0 Å². The smallest absolute Gasteiger partial charge is 0.278 e. The molecular weight excluding hydrogens is 326 g/mol. The van der Waals surface area contributed by atoms with Gasteiger partial charge in [-0.3, -0.25) is 19.9 Å². The lowest BCUT2D eigenvalue weighted by atomic mass is 10.0. The highest BCUT2D eigenvalue weighted by Crippen LogP contribution is 2.27. The van der Waals surface area contributed by atoms with Crippen molar-refractivity contribution < 1.29 is 19.2 Å². The summed E-state index contributed by atoms with van der Waals surface area (Å²) in [5.74, 6) is -0.176. The maximum absolute atomic E-state index is 12.5. The minimum absolute atomic E-state index is 0.0926. The summed E-state index contributed by atoms with van der Waals surface area (Å²) in [5.41, 5.74) is -1.09.